The fraction of sp³-hybridized carbons (Fsp3) is 0.267. The summed E-state index contributed by atoms with van der Waals surface area (Å²) in [6.45, 7) is 3.83. The Bertz CT molecular complexity index is 968. The Morgan fingerprint density at radius 1 is 1.13 bits per heavy atom. The predicted molar refractivity (Wildman–Crippen MR) is 90.9 cm³/mol. The molecular weight excluding hydrogens is 314 g/mol. The highest BCUT2D eigenvalue weighted by Gasteiger charge is 2.15. The van der Waals surface area contributed by atoms with Gasteiger partial charge in [-0.05, 0) is 18.2 Å². The summed E-state index contributed by atoms with van der Waals surface area (Å²) in [4.78, 5) is 32.3. The van der Waals surface area contributed by atoms with Crippen molar-refractivity contribution in [3.63, 3.8) is 0 Å². The molecule has 0 bridgehead atoms. The molecule has 1 saturated heterocycles. The molecule has 0 saturated carbocycles. The van der Waals surface area contributed by atoms with Crippen molar-refractivity contribution < 1.29 is 0 Å². The van der Waals surface area contributed by atoms with Crippen LogP contribution < -0.4 is 21.5 Å². The molecule has 0 unspecified atom stereocenters. The van der Waals surface area contributed by atoms with Crippen LogP contribution in [0.25, 0.3) is 15.9 Å². The minimum Gasteiger partial charge on any atom is -0.346 e. The van der Waals surface area contributed by atoms with E-state index in [2.05, 4.69) is 15.2 Å². The van der Waals surface area contributed by atoms with Gasteiger partial charge in [0.25, 0.3) is 5.56 Å². The molecule has 2 aromatic heterocycles. The highest BCUT2D eigenvalue weighted by Crippen LogP contribution is 2.30. The molecule has 8 heteroatoms. The van der Waals surface area contributed by atoms with Crippen LogP contribution >= 0.6 is 11.3 Å². The molecule has 23 heavy (non-hydrogen) atoms. The lowest BCUT2D eigenvalue weighted by Gasteiger charge is -2.26. The summed E-state index contributed by atoms with van der Waals surface area (Å²) in [7, 11) is 0. The minimum atomic E-state index is -0.450. The number of hydrogen-bond donors (Lipinski definition) is 2. The van der Waals surface area contributed by atoms with E-state index in [4.69, 9.17) is 4.98 Å². The zero-order chi connectivity index (χ0) is 15.8. The second-order valence-electron chi connectivity index (χ2n) is 5.37. The smallest absolute Gasteiger partial charge is 0.332 e. The number of anilines is 1. The molecule has 3 heterocycles. The summed E-state index contributed by atoms with van der Waals surface area (Å²) in [5, 5.41) is 4.33. The summed E-state index contributed by atoms with van der Waals surface area (Å²) < 4.78 is 2.49. The number of thiazole rings is 1. The number of aromatic nitrogens is 3. The van der Waals surface area contributed by atoms with Gasteiger partial charge in [-0.2, -0.15) is 0 Å². The Balaban J connectivity index is 1.75. The lowest BCUT2D eigenvalue weighted by Crippen LogP contribution is -2.43. The zero-order valence-electron chi connectivity index (χ0n) is 12.3. The predicted octanol–water partition coefficient (Wildman–Crippen LogP) is 0.545. The lowest BCUT2D eigenvalue weighted by molar-refractivity contribution is 0.588. The van der Waals surface area contributed by atoms with Crippen molar-refractivity contribution in [3.05, 3.63) is 51.3 Å². The van der Waals surface area contributed by atoms with Gasteiger partial charge in [0, 0.05) is 38.4 Å². The van der Waals surface area contributed by atoms with Gasteiger partial charge in [-0.1, -0.05) is 11.3 Å². The number of nitrogens with one attached hydrogen (secondary N) is 2. The van der Waals surface area contributed by atoms with Crippen LogP contribution in [0, 0.1) is 0 Å². The van der Waals surface area contributed by atoms with Gasteiger partial charge < -0.3 is 10.2 Å². The van der Waals surface area contributed by atoms with Crippen LogP contribution in [0.4, 0.5) is 5.13 Å². The van der Waals surface area contributed by atoms with Crippen LogP contribution in [0.2, 0.25) is 0 Å². The lowest BCUT2D eigenvalue weighted by atomic mass is 10.3. The largest absolute Gasteiger partial charge is 0.346 e. The second kappa shape index (κ2) is 5.64. The van der Waals surface area contributed by atoms with E-state index < -0.39 is 11.2 Å². The van der Waals surface area contributed by atoms with E-state index >= 15 is 0 Å². The van der Waals surface area contributed by atoms with Gasteiger partial charge in [0.15, 0.2) is 5.13 Å². The molecule has 0 aliphatic carbocycles. The average Bonchev–Trinajstić information content (AvgIpc) is 2.99. The van der Waals surface area contributed by atoms with Gasteiger partial charge in [0.05, 0.1) is 15.9 Å². The maximum atomic E-state index is 11.9. The Morgan fingerprint density at radius 2 is 1.96 bits per heavy atom. The molecule has 1 fully saturated rings. The number of aromatic amines is 1. The first-order chi connectivity index (χ1) is 11.2. The maximum absolute atomic E-state index is 11.9. The van der Waals surface area contributed by atoms with Crippen molar-refractivity contribution in [1.29, 1.82) is 0 Å². The highest BCUT2D eigenvalue weighted by atomic mass is 32.1. The molecule has 0 spiro atoms. The number of nitrogens with zero attached hydrogens (tertiary/aromatic N) is 3. The van der Waals surface area contributed by atoms with Crippen LogP contribution in [0.1, 0.15) is 0 Å². The van der Waals surface area contributed by atoms with Gasteiger partial charge in [0.1, 0.15) is 0 Å². The Hall–Kier alpha value is -2.45. The molecule has 2 N–H and O–H groups in total. The third-order valence-corrected chi connectivity index (χ3v) is 4.95. The van der Waals surface area contributed by atoms with Gasteiger partial charge in [0.2, 0.25) is 0 Å². The summed E-state index contributed by atoms with van der Waals surface area (Å²) in [5.74, 6) is 0. The van der Waals surface area contributed by atoms with E-state index in [1.54, 1.807) is 11.3 Å². The number of benzene rings is 1. The van der Waals surface area contributed by atoms with Gasteiger partial charge in [-0.3, -0.25) is 14.3 Å². The molecule has 1 aliphatic heterocycles. The number of rotatable bonds is 2. The van der Waals surface area contributed by atoms with Crippen LogP contribution in [0.5, 0.6) is 0 Å². The third-order valence-electron chi connectivity index (χ3n) is 3.85. The van der Waals surface area contributed by atoms with Gasteiger partial charge >= 0.3 is 5.69 Å². The normalized spacial score (nSPS) is 15.2. The molecule has 7 nitrogen and oxygen atoms in total. The number of fused-ring (bicyclic) bond motifs is 1. The molecule has 3 aromatic rings. The molecule has 4 rings (SSSR count). The topological polar surface area (TPSA) is 83.0 Å². The van der Waals surface area contributed by atoms with Crippen molar-refractivity contribution in [1.82, 2.24) is 19.9 Å². The average molecular weight is 329 g/mol. The van der Waals surface area contributed by atoms with Gasteiger partial charge in [-0.15, -0.1) is 0 Å². The van der Waals surface area contributed by atoms with Crippen molar-refractivity contribution in [3.8, 4) is 5.69 Å². The number of hydrogen-bond acceptors (Lipinski definition) is 6. The maximum Gasteiger partial charge on any atom is 0.332 e. The van der Waals surface area contributed by atoms with E-state index in [9.17, 15) is 9.59 Å². The standard InChI is InChI=1S/C15H15N5O2S/c21-13-3-6-20(14(22)18-13)10-1-2-12-11(9-10)17-15(23-12)19-7-4-16-5-8-19/h1-3,6,9,16H,4-5,7-8H2,(H,18,21,22). The number of H-pyrrole nitrogens is 1. The molecule has 1 aliphatic rings. The summed E-state index contributed by atoms with van der Waals surface area (Å²) >= 11 is 1.66. The summed E-state index contributed by atoms with van der Waals surface area (Å²) in [6, 6.07) is 7.03. The fourth-order valence-electron chi connectivity index (χ4n) is 2.67. The SMILES string of the molecule is O=c1ccn(-c2ccc3sc(N4CCNCC4)nc3c2)c(=O)[nH]1. The molecule has 1 aromatic carbocycles. The van der Waals surface area contributed by atoms with Gasteiger partial charge in [-0.25, -0.2) is 9.78 Å². The first-order valence-corrected chi connectivity index (χ1v) is 8.21. The fourth-order valence-corrected chi connectivity index (χ4v) is 3.66. The van der Waals surface area contributed by atoms with E-state index in [-0.39, 0.29) is 0 Å². The Labute approximate surface area is 135 Å². The van der Waals surface area contributed by atoms with E-state index in [0.717, 1.165) is 41.5 Å². The van der Waals surface area contributed by atoms with Crippen molar-refractivity contribution >= 4 is 26.7 Å². The van der Waals surface area contributed by atoms with Crippen LogP contribution in [0.3, 0.4) is 0 Å². The molecule has 0 amide bonds. The van der Waals surface area contributed by atoms with Crippen molar-refractivity contribution in [2.45, 2.75) is 0 Å². The van der Waals surface area contributed by atoms with Crippen molar-refractivity contribution in [2.24, 2.45) is 0 Å². The number of piperazine rings is 1. The first kappa shape index (κ1) is 14.2. The minimum absolute atomic E-state index is 0.401. The summed E-state index contributed by atoms with van der Waals surface area (Å²) in [6.07, 6.45) is 1.48. The third kappa shape index (κ3) is 2.66. The molecule has 118 valence electrons. The van der Waals surface area contributed by atoms with Crippen LogP contribution in [-0.2, 0) is 0 Å². The molecule has 0 radical (unpaired) electrons. The molecule has 0 atom stereocenters. The Morgan fingerprint density at radius 3 is 2.74 bits per heavy atom. The van der Waals surface area contributed by atoms with Crippen LogP contribution in [-0.4, -0.2) is 40.7 Å². The van der Waals surface area contributed by atoms with Crippen LogP contribution in [0.15, 0.2) is 40.1 Å². The second-order valence-corrected chi connectivity index (χ2v) is 6.37. The quantitative estimate of drug-likeness (QED) is 0.717. The zero-order valence-corrected chi connectivity index (χ0v) is 13.1. The van der Waals surface area contributed by atoms with E-state index in [0.29, 0.717) is 5.69 Å². The Kier molecular flexibility index (Phi) is 3.47. The summed E-state index contributed by atoms with van der Waals surface area (Å²) in [5.41, 5.74) is 0.700. The van der Waals surface area contributed by atoms with E-state index in [1.807, 2.05) is 18.2 Å². The molecular formula is C15H15N5O2S. The van der Waals surface area contributed by atoms with E-state index in [1.165, 1.54) is 16.8 Å². The highest BCUT2D eigenvalue weighted by molar-refractivity contribution is 7.22. The first-order valence-electron chi connectivity index (χ1n) is 7.39. The van der Waals surface area contributed by atoms with Crippen molar-refractivity contribution in [2.75, 3.05) is 31.1 Å². The monoisotopic (exact) mass is 329 g/mol.